The Kier molecular flexibility index (Phi) is 5.21. The number of rotatable bonds is 3. The van der Waals surface area contributed by atoms with E-state index in [1.165, 1.54) is 12.8 Å². The van der Waals surface area contributed by atoms with E-state index in [2.05, 4.69) is 15.2 Å². The number of carbonyl (C=O) groups excluding carboxylic acids is 1. The van der Waals surface area contributed by atoms with E-state index in [-0.39, 0.29) is 5.82 Å². The lowest BCUT2D eigenvalue weighted by atomic mass is 10.2. The number of nitrogens with zero attached hydrogens (tertiary/aromatic N) is 2. The third-order valence-electron chi connectivity index (χ3n) is 4.24. The van der Waals surface area contributed by atoms with Crippen LogP contribution < -0.4 is 10.2 Å². The Morgan fingerprint density at radius 2 is 1.68 bits per heavy atom. The lowest BCUT2D eigenvalue weighted by Gasteiger charge is -2.22. The summed E-state index contributed by atoms with van der Waals surface area (Å²) >= 11 is 0. The first-order chi connectivity index (χ1) is 12.1. The highest BCUT2D eigenvalue weighted by Gasteiger charge is 2.19. The van der Waals surface area contributed by atoms with Gasteiger partial charge in [0.15, 0.2) is 17.5 Å². The fourth-order valence-electron chi connectivity index (χ4n) is 2.86. The second-order valence-corrected chi connectivity index (χ2v) is 5.98. The molecule has 2 heterocycles. The molecule has 2 aromatic rings. The Morgan fingerprint density at radius 1 is 0.960 bits per heavy atom. The zero-order valence-corrected chi connectivity index (χ0v) is 13.6. The molecule has 0 spiro atoms. The summed E-state index contributed by atoms with van der Waals surface area (Å²) < 4.78 is 39.8. The molecule has 1 aromatic carbocycles. The van der Waals surface area contributed by atoms with E-state index >= 15 is 0 Å². The summed E-state index contributed by atoms with van der Waals surface area (Å²) in [5.41, 5.74) is 0.385. The van der Waals surface area contributed by atoms with Crippen LogP contribution in [0, 0.1) is 17.5 Å². The summed E-state index contributed by atoms with van der Waals surface area (Å²) in [6.07, 6.45) is 6.35. The van der Waals surface area contributed by atoms with Crippen molar-refractivity contribution >= 4 is 17.4 Å². The van der Waals surface area contributed by atoms with Gasteiger partial charge in [-0.15, -0.1) is 0 Å². The minimum absolute atomic E-state index is 0.215. The van der Waals surface area contributed by atoms with E-state index in [1.807, 2.05) is 6.07 Å². The number of halogens is 3. The monoisotopic (exact) mass is 349 g/mol. The van der Waals surface area contributed by atoms with Crippen LogP contribution in [0.25, 0.3) is 0 Å². The summed E-state index contributed by atoms with van der Waals surface area (Å²) in [5.74, 6) is -5.19. The maximum atomic E-state index is 13.7. The van der Waals surface area contributed by atoms with E-state index < -0.39 is 28.9 Å². The molecule has 132 valence electrons. The number of hydrogen-bond donors (Lipinski definition) is 1. The van der Waals surface area contributed by atoms with Crippen molar-refractivity contribution in [2.24, 2.45) is 0 Å². The van der Waals surface area contributed by atoms with Gasteiger partial charge in [0, 0.05) is 13.1 Å². The van der Waals surface area contributed by atoms with Crippen LogP contribution in [0.2, 0.25) is 0 Å². The molecule has 1 aliphatic rings. The fourth-order valence-corrected chi connectivity index (χ4v) is 2.86. The summed E-state index contributed by atoms with van der Waals surface area (Å²) in [6, 6.07) is 5.04. The van der Waals surface area contributed by atoms with Crippen molar-refractivity contribution in [3.05, 3.63) is 53.5 Å². The molecular weight excluding hydrogens is 331 g/mol. The summed E-state index contributed by atoms with van der Waals surface area (Å²) in [7, 11) is 0. The molecule has 7 heteroatoms. The predicted molar refractivity (Wildman–Crippen MR) is 89.2 cm³/mol. The Balaban J connectivity index is 1.71. The van der Waals surface area contributed by atoms with Crippen molar-refractivity contribution in [1.82, 2.24) is 4.98 Å². The molecule has 1 N–H and O–H groups in total. The molecule has 0 saturated carbocycles. The SMILES string of the molecule is O=C(Nc1ccc(N2CCCCCC2)cn1)c1ccc(F)c(F)c1F. The van der Waals surface area contributed by atoms with Gasteiger partial charge in [0.2, 0.25) is 0 Å². The smallest absolute Gasteiger partial charge is 0.259 e. The number of aromatic nitrogens is 1. The van der Waals surface area contributed by atoms with Crippen molar-refractivity contribution < 1.29 is 18.0 Å². The van der Waals surface area contributed by atoms with Crippen LogP contribution in [-0.2, 0) is 0 Å². The molecule has 0 aliphatic carbocycles. The zero-order valence-electron chi connectivity index (χ0n) is 13.6. The van der Waals surface area contributed by atoms with Crippen molar-refractivity contribution in [3.63, 3.8) is 0 Å². The molecule has 1 amide bonds. The van der Waals surface area contributed by atoms with Crippen LogP contribution in [-0.4, -0.2) is 24.0 Å². The van der Waals surface area contributed by atoms with Gasteiger partial charge in [0.1, 0.15) is 5.82 Å². The zero-order chi connectivity index (χ0) is 17.8. The first-order valence-corrected chi connectivity index (χ1v) is 8.22. The number of pyridine rings is 1. The maximum absolute atomic E-state index is 13.7. The lowest BCUT2D eigenvalue weighted by Crippen LogP contribution is -2.24. The second-order valence-electron chi connectivity index (χ2n) is 5.98. The minimum Gasteiger partial charge on any atom is -0.370 e. The molecule has 1 aromatic heterocycles. The minimum atomic E-state index is -1.67. The third kappa shape index (κ3) is 3.92. The number of carbonyl (C=O) groups is 1. The number of hydrogen-bond acceptors (Lipinski definition) is 3. The van der Waals surface area contributed by atoms with Gasteiger partial charge in [-0.25, -0.2) is 18.2 Å². The summed E-state index contributed by atoms with van der Waals surface area (Å²) in [4.78, 5) is 18.4. The van der Waals surface area contributed by atoms with Gasteiger partial charge in [-0.2, -0.15) is 0 Å². The van der Waals surface area contributed by atoms with E-state index in [4.69, 9.17) is 0 Å². The van der Waals surface area contributed by atoms with Gasteiger partial charge in [0.25, 0.3) is 5.91 Å². The van der Waals surface area contributed by atoms with E-state index in [0.717, 1.165) is 37.7 Å². The molecule has 0 atom stereocenters. The van der Waals surface area contributed by atoms with Crippen molar-refractivity contribution in [3.8, 4) is 0 Å². The molecule has 0 bridgehead atoms. The van der Waals surface area contributed by atoms with Gasteiger partial charge in [0.05, 0.1) is 17.4 Å². The number of anilines is 2. The molecule has 25 heavy (non-hydrogen) atoms. The lowest BCUT2D eigenvalue weighted by molar-refractivity contribution is 0.102. The van der Waals surface area contributed by atoms with Gasteiger partial charge < -0.3 is 10.2 Å². The highest BCUT2D eigenvalue weighted by atomic mass is 19.2. The second kappa shape index (κ2) is 7.55. The average molecular weight is 349 g/mol. The predicted octanol–water partition coefficient (Wildman–Crippen LogP) is 4.13. The highest BCUT2D eigenvalue weighted by molar-refractivity contribution is 6.04. The van der Waals surface area contributed by atoms with Crippen molar-refractivity contribution in [2.75, 3.05) is 23.3 Å². The van der Waals surface area contributed by atoms with Gasteiger partial charge in [-0.1, -0.05) is 12.8 Å². The van der Waals surface area contributed by atoms with Gasteiger partial charge in [-0.3, -0.25) is 4.79 Å². The number of nitrogens with one attached hydrogen (secondary N) is 1. The van der Waals surface area contributed by atoms with Crippen LogP contribution in [0.4, 0.5) is 24.7 Å². The summed E-state index contributed by atoms with van der Waals surface area (Å²) in [5, 5.41) is 2.39. The molecule has 4 nitrogen and oxygen atoms in total. The molecular formula is C18H18F3N3O. The fraction of sp³-hybridized carbons (Fsp3) is 0.333. The van der Waals surface area contributed by atoms with E-state index in [1.54, 1.807) is 12.3 Å². The van der Waals surface area contributed by atoms with Crippen LogP contribution in [0.15, 0.2) is 30.5 Å². The third-order valence-corrected chi connectivity index (χ3v) is 4.24. The molecule has 0 radical (unpaired) electrons. The molecule has 1 fully saturated rings. The van der Waals surface area contributed by atoms with Crippen molar-refractivity contribution in [2.45, 2.75) is 25.7 Å². The van der Waals surface area contributed by atoms with Crippen LogP contribution in [0.5, 0.6) is 0 Å². The van der Waals surface area contributed by atoms with Gasteiger partial charge >= 0.3 is 0 Å². The first-order valence-electron chi connectivity index (χ1n) is 8.22. The quantitative estimate of drug-likeness (QED) is 0.848. The Hall–Kier alpha value is -2.57. The first kappa shape index (κ1) is 17.3. The summed E-state index contributed by atoms with van der Waals surface area (Å²) in [6.45, 7) is 1.93. The van der Waals surface area contributed by atoms with Crippen LogP contribution in [0.1, 0.15) is 36.0 Å². The average Bonchev–Trinajstić information content (AvgIpc) is 2.90. The molecule has 1 aliphatic heterocycles. The van der Waals surface area contributed by atoms with Crippen LogP contribution in [0.3, 0.4) is 0 Å². The topological polar surface area (TPSA) is 45.2 Å². The van der Waals surface area contributed by atoms with Crippen molar-refractivity contribution in [1.29, 1.82) is 0 Å². The standard InChI is InChI=1S/C18H18F3N3O/c19-14-7-6-13(16(20)17(14)21)18(25)23-15-8-5-12(11-22-15)24-9-3-1-2-4-10-24/h5-8,11H,1-4,9-10H2,(H,22,23,25). The molecule has 3 rings (SSSR count). The van der Waals surface area contributed by atoms with Crippen LogP contribution >= 0.6 is 0 Å². The Labute approximate surface area is 143 Å². The normalized spacial score (nSPS) is 14.9. The van der Waals surface area contributed by atoms with E-state index in [0.29, 0.717) is 6.07 Å². The molecule has 0 unspecified atom stereocenters. The highest BCUT2D eigenvalue weighted by Crippen LogP contribution is 2.21. The largest absolute Gasteiger partial charge is 0.370 e. The Bertz CT molecular complexity index is 757. The number of amides is 1. The molecule has 1 saturated heterocycles. The van der Waals surface area contributed by atoms with Gasteiger partial charge in [-0.05, 0) is 37.1 Å². The van der Waals surface area contributed by atoms with E-state index in [9.17, 15) is 18.0 Å². The Morgan fingerprint density at radius 3 is 2.32 bits per heavy atom. The maximum Gasteiger partial charge on any atom is 0.259 e. The number of benzene rings is 1.